The molecule has 0 bridgehead atoms. The normalized spacial score (nSPS) is 11.2. The first-order valence-corrected chi connectivity index (χ1v) is 12.8. The van der Waals surface area contributed by atoms with Gasteiger partial charge < -0.3 is 5.32 Å². The molecule has 0 aromatic heterocycles. The first-order valence-electron chi connectivity index (χ1n) is 11.4. The van der Waals surface area contributed by atoms with Crippen LogP contribution in [0.1, 0.15) is 32.6 Å². The Hall–Kier alpha value is -3.90. The van der Waals surface area contributed by atoms with E-state index in [-0.39, 0.29) is 17.3 Å². The minimum absolute atomic E-state index is 0.158. The van der Waals surface area contributed by atoms with Crippen molar-refractivity contribution in [2.45, 2.75) is 32.2 Å². The van der Waals surface area contributed by atoms with Gasteiger partial charge in [-0.05, 0) is 85.5 Å². The Bertz CT molecular complexity index is 1450. The summed E-state index contributed by atoms with van der Waals surface area (Å²) in [5.74, 6) is -0.181. The van der Waals surface area contributed by atoms with Crippen LogP contribution in [0.25, 0.3) is 0 Å². The van der Waals surface area contributed by atoms with Crippen LogP contribution in [0.15, 0.2) is 102 Å². The molecule has 0 radical (unpaired) electrons. The summed E-state index contributed by atoms with van der Waals surface area (Å²) in [6.07, 6.45) is 0. The van der Waals surface area contributed by atoms with Crippen LogP contribution >= 0.6 is 0 Å². The summed E-state index contributed by atoms with van der Waals surface area (Å²) in [5.41, 5.74) is 5.68. The van der Waals surface area contributed by atoms with Gasteiger partial charge in [0.05, 0.1) is 17.1 Å². The van der Waals surface area contributed by atoms with Gasteiger partial charge in [0, 0.05) is 11.3 Å². The maximum atomic E-state index is 13.6. The lowest BCUT2D eigenvalue weighted by Crippen LogP contribution is -2.30. The van der Waals surface area contributed by atoms with Crippen molar-refractivity contribution >= 4 is 27.3 Å². The van der Waals surface area contributed by atoms with E-state index in [9.17, 15) is 13.2 Å². The SMILES string of the molecule is Cc1ccc(N(Cc2ccc(NC(=O)c3ccccc3C)cc2)S(=O)(=O)c2ccccc2)cc1C. The molecule has 0 spiro atoms. The summed E-state index contributed by atoms with van der Waals surface area (Å²) in [4.78, 5) is 12.9. The summed E-state index contributed by atoms with van der Waals surface area (Å²) in [6.45, 7) is 6.02. The lowest BCUT2D eigenvalue weighted by molar-refractivity contribution is 0.102. The van der Waals surface area contributed by atoms with Gasteiger partial charge in [-0.15, -0.1) is 0 Å². The zero-order valence-corrected chi connectivity index (χ0v) is 20.8. The van der Waals surface area contributed by atoms with Gasteiger partial charge in [-0.3, -0.25) is 9.10 Å². The molecule has 178 valence electrons. The van der Waals surface area contributed by atoms with Crippen LogP contribution in [0.4, 0.5) is 11.4 Å². The van der Waals surface area contributed by atoms with Crippen LogP contribution in [0.3, 0.4) is 0 Å². The third-order valence-electron chi connectivity index (χ3n) is 6.04. The predicted octanol–water partition coefficient (Wildman–Crippen LogP) is 6.26. The molecule has 0 aliphatic rings. The number of nitrogens with one attached hydrogen (secondary N) is 1. The van der Waals surface area contributed by atoms with Gasteiger partial charge in [0.25, 0.3) is 15.9 Å². The quantitative estimate of drug-likeness (QED) is 0.337. The van der Waals surface area contributed by atoms with Crippen molar-refractivity contribution in [3.05, 3.63) is 125 Å². The lowest BCUT2D eigenvalue weighted by atomic mass is 10.1. The summed E-state index contributed by atoms with van der Waals surface area (Å²) >= 11 is 0. The monoisotopic (exact) mass is 484 g/mol. The van der Waals surface area contributed by atoms with Crippen molar-refractivity contribution < 1.29 is 13.2 Å². The average molecular weight is 485 g/mol. The molecule has 0 unspecified atom stereocenters. The number of carbonyl (C=O) groups is 1. The number of anilines is 2. The molecule has 0 aliphatic heterocycles. The number of hydrogen-bond acceptors (Lipinski definition) is 3. The second-order valence-corrected chi connectivity index (χ2v) is 10.4. The second-order valence-electron chi connectivity index (χ2n) is 8.56. The number of benzene rings is 4. The van der Waals surface area contributed by atoms with E-state index in [0.717, 1.165) is 22.3 Å². The van der Waals surface area contributed by atoms with Crippen molar-refractivity contribution in [1.29, 1.82) is 0 Å². The van der Waals surface area contributed by atoms with E-state index >= 15 is 0 Å². The first kappa shape index (κ1) is 24.2. The molecule has 4 aromatic rings. The molecule has 0 heterocycles. The van der Waals surface area contributed by atoms with Gasteiger partial charge in [0.1, 0.15) is 0 Å². The topological polar surface area (TPSA) is 66.5 Å². The fraction of sp³-hybridized carbons (Fsp3) is 0.138. The molecular formula is C29H28N2O3S. The van der Waals surface area contributed by atoms with E-state index in [4.69, 9.17) is 0 Å². The number of carbonyl (C=O) groups excluding carboxylic acids is 1. The Labute approximate surface area is 207 Å². The van der Waals surface area contributed by atoms with E-state index in [2.05, 4.69) is 5.32 Å². The standard InChI is InChI=1S/C29H28N2O3S/c1-21-13-18-26(19-23(21)3)31(35(33,34)27-10-5-4-6-11-27)20-24-14-16-25(17-15-24)30-29(32)28-12-8-7-9-22(28)2/h4-19H,20H2,1-3H3,(H,30,32). The number of hydrogen-bond donors (Lipinski definition) is 1. The van der Waals surface area contributed by atoms with Gasteiger partial charge in [-0.2, -0.15) is 0 Å². The highest BCUT2D eigenvalue weighted by Gasteiger charge is 2.25. The van der Waals surface area contributed by atoms with Gasteiger partial charge in [0.15, 0.2) is 0 Å². The van der Waals surface area contributed by atoms with Crippen molar-refractivity contribution in [3.8, 4) is 0 Å². The number of rotatable bonds is 7. The molecule has 4 rings (SSSR count). The highest BCUT2D eigenvalue weighted by Crippen LogP contribution is 2.28. The fourth-order valence-electron chi connectivity index (χ4n) is 3.80. The smallest absolute Gasteiger partial charge is 0.264 e. The molecule has 0 aliphatic carbocycles. The van der Waals surface area contributed by atoms with Crippen LogP contribution in [0, 0.1) is 20.8 Å². The highest BCUT2D eigenvalue weighted by molar-refractivity contribution is 7.92. The summed E-state index contributed by atoms with van der Waals surface area (Å²) in [5, 5.41) is 2.91. The summed E-state index contributed by atoms with van der Waals surface area (Å²) in [7, 11) is -3.79. The fourth-order valence-corrected chi connectivity index (χ4v) is 5.27. The zero-order chi connectivity index (χ0) is 25.0. The van der Waals surface area contributed by atoms with Crippen LogP contribution < -0.4 is 9.62 Å². The van der Waals surface area contributed by atoms with Crippen molar-refractivity contribution in [2.24, 2.45) is 0 Å². The molecule has 1 N–H and O–H groups in total. The highest BCUT2D eigenvalue weighted by atomic mass is 32.2. The van der Waals surface area contributed by atoms with Crippen LogP contribution in [0.2, 0.25) is 0 Å². The number of nitrogens with zero attached hydrogens (tertiary/aromatic N) is 1. The van der Waals surface area contributed by atoms with Crippen molar-refractivity contribution in [2.75, 3.05) is 9.62 Å². The number of aryl methyl sites for hydroxylation is 3. The van der Waals surface area contributed by atoms with E-state index < -0.39 is 10.0 Å². The summed E-state index contributed by atoms with van der Waals surface area (Å²) in [6, 6.07) is 28.8. The summed E-state index contributed by atoms with van der Waals surface area (Å²) < 4.78 is 28.6. The van der Waals surface area contributed by atoms with E-state index in [1.807, 2.05) is 69.3 Å². The molecule has 1 amide bonds. The van der Waals surface area contributed by atoms with Crippen LogP contribution in [0.5, 0.6) is 0 Å². The maximum Gasteiger partial charge on any atom is 0.264 e. The van der Waals surface area contributed by atoms with Crippen molar-refractivity contribution in [1.82, 2.24) is 0 Å². The third kappa shape index (κ3) is 5.44. The van der Waals surface area contributed by atoms with E-state index in [1.165, 1.54) is 4.31 Å². The van der Waals surface area contributed by atoms with Crippen LogP contribution in [-0.2, 0) is 16.6 Å². The second kappa shape index (κ2) is 10.2. The van der Waals surface area contributed by atoms with Gasteiger partial charge in [-0.25, -0.2) is 8.42 Å². The lowest BCUT2D eigenvalue weighted by Gasteiger charge is -2.25. The van der Waals surface area contributed by atoms with E-state index in [1.54, 1.807) is 48.5 Å². The first-order chi connectivity index (χ1) is 16.8. The molecule has 0 atom stereocenters. The van der Waals surface area contributed by atoms with Gasteiger partial charge in [0.2, 0.25) is 0 Å². The molecule has 0 fully saturated rings. The average Bonchev–Trinajstić information content (AvgIpc) is 2.86. The molecule has 5 nitrogen and oxygen atoms in total. The minimum atomic E-state index is -3.79. The molecule has 6 heteroatoms. The van der Waals surface area contributed by atoms with E-state index in [0.29, 0.717) is 16.9 Å². The Kier molecular flexibility index (Phi) is 7.03. The minimum Gasteiger partial charge on any atom is -0.322 e. The third-order valence-corrected chi connectivity index (χ3v) is 7.83. The maximum absolute atomic E-state index is 13.6. The predicted molar refractivity (Wildman–Crippen MR) is 141 cm³/mol. The Morgan fingerprint density at radius 2 is 1.40 bits per heavy atom. The van der Waals surface area contributed by atoms with Gasteiger partial charge >= 0.3 is 0 Å². The van der Waals surface area contributed by atoms with Gasteiger partial charge in [-0.1, -0.05) is 54.6 Å². The Morgan fingerprint density at radius 3 is 2.06 bits per heavy atom. The zero-order valence-electron chi connectivity index (χ0n) is 20.0. The Morgan fingerprint density at radius 1 is 0.743 bits per heavy atom. The van der Waals surface area contributed by atoms with Crippen molar-refractivity contribution in [3.63, 3.8) is 0 Å². The molecule has 35 heavy (non-hydrogen) atoms. The largest absolute Gasteiger partial charge is 0.322 e. The molecule has 0 saturated carbocycles. The molecular weight excluding hydrogens is 456 g/mol. The molecule has 4 aromatic carbocycles. The molecule has 0 saturated heterocycles. The number of amides is 1. The Balaban J connectivity index is 1.61. The number of sulfonamides is 1. The van der Waals surface area contributed by atoms with Crippen LogP contribution in [-0.4, -0.2) is 14.3 Å².